The molecule has 1 amide bonds. The Balaban J connectivity index is 1.43. The van der Waals surface area contributed by atoms with Gasteiger partial charge in [-0.1, -0.05) is 12.8 Å². The van der Waals surface area contributed by atoms with Gasteiger partial charge in [0.05, 0.1) is 0 Å². The van der Waals surface area contributed by atoms with Gasteiger partial charge in [-0.15, -0.1) is 11.8 Å². The Morgan fingerprint density at radius 2 is 2.00 bits per heavy atom. The molecule has 1 aliphatic heterocycles. The minimum atomic E-state index is 0.130. The van der Waals surface area contributed by atoms with Gasteiger partial charge in [0.15, 0.2) is 11.5 Å². The van der Waals surface area contributed by atoms with Crippen molar-refractivity contribution >= 4 is 17.7 Å². The normalized spacial score (nSPS) is 22.9. The summed E-state index contributed by atoms with van der Waals surface area (Å²) in [5, 5.41) is 3.18. The van der Waals surface area contributed by atoms with Crippen LogP contribution >= 0.6 is 11.8 Å². The maximum absolute atomic E-state index is 12.2. The zero-order valence-corrected chi connectivity index (χ0v) is 14.8. The van der Waals surface area contributed by atoms with Crippen LogP contribution in [0.1, 0.15) is 32.1 Å². The van der Waals surface area contributed by atoms with Crippen LogP contribution in [0.5, 0.6) is 11.5 Å². The number of rotatable bonds is 6. The van der Waals surface area contributed by atoms with Crippen molar-refractivity contribution in [3.05, 3.63) is 18.2 Å². The van der Waals surface area contributed by atoms with Crippen LogP contribution in [0.25, 0.3) is 0 Å². The Labute approximate surface area is 147 Å². The highest BCUT2D eigenvalue weighted by atomic mass is 32.2. The monoisotopic (exact) mass is 350 g/mol. The SMILES string of the molecule is NCC1CCCCC1NC(=O)CCSc1ccc2c(c1)OCCO2. The molecule has 132 valence electrons. The summed E-state index contributed by atoms with van der Waals surface area (Å²) in [5.41, 5.74) is 5.82. The van der Waals surface area contributed by atoms with E-state index in [1.165, 1.54) is 12.8 Å². The third-order valence-corrected chi connectivity index (χ3v) is 5.67. The molecule has 2 unspecified atom stereocenters. The lowest BCUT2D eigenvalue weighted by Crippen LogP contribution is -2.44. The largest absolute Gasteiger partial charge is 0.486 e. The van der Waals surface area contributed by atoms with Crippen molar-refractivity contribution in [1.29, 1.82) is 0 Å². The molecule has 6 heteroatoms. The van der Waals surface area contributed by atoms with Gasteiger partial charge < -0.3 is 20.5 Å². The molecule has 0 aromatic heterocycles. The average Bonchev–Trinajstić information content (AvgIpc) is 2.62. The molecule has 0 spiro atoms. The van der Waals surface area contributed by atoms with Crippen molar-refractivity contribution in [1.82, 2.24) is 5.32 Å². The molecule has 1 aromatic carbocycles. The first kappa shape index (κ1) is 17.4. The molecule has 3 rings (SSSR count). The summed E-state index contributed by atoms with van der Waals surface area (Å²) < 4.78 is 11.1. The summed E-state index contributed by atoms with van der Waals surface area (Å²) in [6.45, 7) is 1.86. The van der Waals surface area contributed by atoms with E-state index in [2.05, 4.69) is 5.32 Å². The van der Waals surface area contributed by atoms with Gasteiger partial charge >= 0.3 is 0 Å². The van der Waals surface area contributed by atoms with Crippen LogP contribution in [-0.4, -0.2) is 37.5 Å². The maximum atomic E-state index is 12.2. The number of thioether (sulfide) groups is 1. The molecular weight excluding hydrogens is 324 g/mol. The molecule has 1 fully saturated rings. The number of ether oxygens (including phenoxy) is 2. The lowest BCUT2D eigenvalue weighted by Gasteiger charge is -2.31. The number of nitrogens with two attached hydrogens (primary N) is 1. The van der Waals surface area contributed by atoms with Crippen LogP contribution in [0.3, 0.4) is 0 Å². The minimum Gasteiger partial charge on any atom is -0.486 e. The average molecular weight is 350 g/mol. The minimum absolute atomic E-state index is 0.130. The summed E-state index contributed by atoms with van der Waals surface area (Å²) in [6.07, 6.45) is 5.13. The number of amides is 1. The van der Waals surface area contributed by atoms with Gasteiger partial charge in [0.2, 0.25) is 5.91 Å². The lowest BCUT2D eigenvalue weighted by atomic mass is 9.84. The van der Waals surface area contributed by atoms with E-state index in [9.17, 15) is 4.79 Å². The van der Waals surface area contributed by atoms with E-state index < -0.39 is 0 Å². The maximum Gasteiger partial charge on any atom is 0.221 e. The molecule has 5 nitrogen and oxygen atoms in total. The highest BCUT2D eigenvalue weighted by Crippen LogP contribution is 2.34. The number of benzene rings is 1. The van der Waals surface area contributed by atoms with Crippen molar-refractivity contribution in [2.24, 2.45) is 11.7 Å². The molecule has 2 atom stereocenters. The summed E-state index contributed by atoms with van der Waals surface area (Å²) in [4.78, 5) is 13.3. The van der Waals surface area contributed by atoms with Crippen molar-refractivity contribution in [2.75, 3.05) is 25.5 Å². The number of carbonyl (C=O) groups is 1. The fourth-order valence-corrected chi connectivity index (χ4v) is 4.21. The van der Waals surface area contributed by atoms with Crippen molar-refractivity contribution in [2.45, 2.75) is 43.0 Å². The van der Waals surface area contributed by atoms with Crippen molar-refractivity contribution < 1.29 is 14.3 Å². The van der Waals surface area contributed by atoms with Crippen LogP contribution in [0.2, 0.25) is 0 Å². The molecule has 24 heavy (non-hydrogen) atoms. The zero-order chi connectivity index (χ0) is 16.8. The Morgan fingerprint density at radius 3 is 2.83 bits per heavy atom. The fraction of sp³-hybridized carbons (Fsp3) is 0.611. The standard InChI is InChI=1S/C18H26N2O3S/c19-12-13-3-1-2-4-15(13)20-18(21)7-10-24-14-5-6-16-17(11-14)23-9-8-22-16/h5-6,11,13,15H,1-4,7-10,12,19H2,(H,20,21). The third kappa shape index (κ3) is 4.57. The molecule has 1 heterocycles. The van der Waals surface area contributed by atoms with E-state index in [4.69, 9.17) is 15.2 Å². The molecule has 1 aromatic rings. The first-order valence-corrected chi connectivity index (χ1v) is 9.76. The van der Waals surface area contributed by atoms with Gasteiger partial charge in [-0.2, -0.15) is 0 Å². The first-order chi connectivity index (χ1) is 11.8. The van der Waals surface area contributed by atoms with Crippen molar-refractivity contribution in [3.63, 3.8) is 0 Å². The summed E-state index contributed by atoms with van der Waals surface area (Å²) in [6, 6.07) is 6.20. The summed E-state index contributed by atoms with van der Waals surface area (Å²) in [5.74, 6) is 2.92. The van der Waals surface area contributed by atoms with Crippen LogP contribution < -0.4 is 20.5 Å². The van der Waals surface area contributed by atoms with Gasteiger partial charge in [0.25, 0.3) is 0 Å². The second-order valence-corrected chi connectivity index (χ2v) is 7.53. The van der Waals surface area contributed by atoms with E-state index in [0.29, 0.717) is 32.1 Å². The second-order valence-electron chi connectivity index (χ2n) is 6.36. The van der Waals surface area contributed by atoms with Gasteiger partial charge in [-0.25, -0.2) is 0 Å². The van der Waals surface area contributed by atoms with Crippen LogP contribution in [-0.2, 0) is 4.79 Å². The van der Waals surface area contributed by atoms with E-state index in [1.54, 1.807) is 11.8 Å². The van der Waals surface area contributed by atoms with Gasteiger partial charge in [-0.05, 0) is 43.5 Å². The topological polar surface area (TPSA) is 73.6 Å². The van der Waals surface area contributed by atoms with E-state index in [-0.39, 0.29) is 11.9 Å². The smallest absolute Gasteiger partial charge is 0.221 e. The number of fused-ring (bicyclic) bond motifs is 1. The predicted octanol–water partition coefficient (Wildman–Crippen LogP) is 2.57. The highest BCUT2D eigenvalue weighted by Gasteiger charge is 2.25. The van der Waals surface area contributed by atoms with E-state index in [1.807, 2.05) is 18.2 Å². The summed E-state index contributed by atoms with van der Waals surface area (Å²) in [7, 11) is 0. The van der Waals surface area contributed by atoms with E-state index >= 15 is 0 Å². The Morgan fingerprint density at radius 1 is 1.21 bits per heavy atom. The molecule has 2 aliphatic rings. The highest BCUT2D eigenvalue weighted by molar-refractivity contribution is 7.99. The molecule has 1 aliphatic carbocycles. The summed E-state index contributed by atoms with van der Waals surface area (Å²) >= 11 is 1.67. The number of carbonyl (C=O) groups excluding carboxylic acids is 1. The Bertz CT molecular complexity index is 567. The van der Waals surface area contributed by atoms with Crippen LogP contribution in [0, 0.1) is 5.92 Å². The third-order valence-electron chi connectivity index (χ3n) is 4.67. The predicted molar refractivity (Wildman–Crippen MR) is 95.7 cm³/mol. The van der Waals surface area contributed by atoms with Crippen LogP contribution in [0.4, 0.5) is 0 Å². The number of hydrogen-bond acceptors (Lipinski definition) is 5. The van der Waals surface area contributed by atoms with E-state index in [0.717, 1.165) is 35.0 Å². The van der Waals surface area contributed by atoms with Crippen molar-refractivity contribution in [3.8, 4) is 11.5 Å². The molecule has 1 saturated carbocycles. The van der Waals surface area contributed by atoms with Gasteiger partial charge in [0, 0.05) is 23.1 Å². The van der Waals surface area contributed by atoms with Gasteiger partial charge in [-0.3, -0.25) is 4.79 Å². The second kappa shape index (κ2) is 8.62. The lowest BCUT2D eigenvalue weighted by molar-refractivity contribution is -0.121. The Hall–Kier alpha value is -1.40. The Kier molecular flexibility index (Phi) is 6.26. The van der Waals surface area contributed by atoms with Crippen LogP contribution in [0.15, 0.2) is 23.1 Å². The molecule has 0 radical (unpaired) electrons. The quantitative estimate of drug-likeness (QED) is 0.772. The zero-order valence-electron chi connectivity index (χ0n) is 14.0. The number of nitrogens with one attached hydrogen (secondary N) is 1. The molecule has 0 bridgehead atoms. The number of hydrogen-bond donors (Lipinski definition) is 2. The fourth-order valence-electron chi connectivity index (χ4n) is 3.33. The van der Waals surface area contributed by atoms with Gasteiger partial charge in [0.1, 0.15) is 13.2 Å². The molecular formula is C18H26N2O3S. The molecule has 3 N–H and O–H groups in total. The molecule has 0 saturated heterocycles. The first-order valence-electron chi connectivity index (χ1n) is 8.78.